The van der Waals surface area contributed by atoms with E-state index in [0.717, 1.165) is 6.92 Å². The fourth-order valence-electron chi connectivity index (χ4n) is 0.339. The van der Waals surface area contributed by atoms with Gasteiger partial charge in [-0.3, -0.25) is 4.89 Å². The normalized spacial score (nSPS) is 17.3. The molecule has 0 aromatic rings. The molecule has 0 rings (SSSR count). The van der Waals surface area contributed by atoms with Crippen molar-refractivity contribution < 1.29 is 25.2 Å². The summed E-state index contributed by atoms with van der Waals surface area (Å²) >= 11 is 0. The van der Waals surface area contributed by atoms with Gasteiger partial charge in [0.1, 0.15) is 0 Å². The summed E-state index contributed by atoms with van der Waals surface area (Å²) in [7, 11) is 0. The van der Waals surface area contributed by atoms with E-state index < -0.39 is 17.2 Å². The fraction of sp³-hybridized carbons (Fsp3) is 0.833. The number of aliphatic hydroxyl groups is 2. The van der Waals surface area contributed by atoms with Crippen LogP contribution in [0.15, 0.2) is 0 Å². The molecule has 0 saturated heterocycles. The lowest BCUT2D eigenvalue weighted by atomic mass is 9.88. The van der Waals surface area contributed by atoms with Crippen LogP contribution in [0.1, 0.15) is 20.8 Å². The third-order valence-electron chi connectivity index (χ3n) is 1.67. The zero-order valence-corrected chi connectivity index (χ0v) is 6.66. The molecule has 0 amide bonds. The van der Waals surface area contributed by atoms with E-state index in [1.54, 1.807) is 0 Å². The van der Waals surface area contributed by atoms with E-state index in [9.17, 15) is 15.0 Å². The van der Waals surface area contributed by atoms with Crippen LogP contribution in [0.5, 0.6) is 0 Å². The van der Waals surface area contributed by atoms with Crippen molar-refractivity contribution in [2.75, 3.05) is 0 Å². The van der Waals surface area contributed by atoms with Crippen LogP contribution < -0.4 is 0 Å². The zero-order valence-electron chi connectivity index (χ0n) is 6.66. The van der Waals surface area contributed by atoms with E-state index in [4.69, 9.17) is 5.26 Å². The first-order valence-electron chi connectivity index (χ1n) is 3.04. The van der Waals surface area contributed by atoms with Crippen LogP contribution in [0.3, 0.4) is 0 Å². The minimum absolute atomic E-state index is 1.05. The average molecular weight is 164 g/mol. The van der Waals surface area contributed by atoms with E-state index >= 15 is 0 Å². The second kappa shape index (κ2) is 2.77. The van der Waals surface area contributed by atoms with Crippen molar-refractivity contribution in [3.05, 3.63) is 0 Å². The van der Waals surface area contributed by atoms with Crippen molar-refractivity contribution in [3.63, 3.8) is 0 Å². The molecule has 0 aliphatic heterocycles. The maximum Gasteiger partial charge on any atom is 0.375 e. The summed E-state index contributed by atoms with van der Waals surface area (Å²) in [5, 5.41) is 26.3. The molecule has 0 aliphatic rings. The molecule has 5 nitrogen and oxygen atoms in total. The highest BCUT2D eigenvalue weighted by molar-refractivity contribution is 5.79. The van der Waals surface area contributed by atoms with Crippen molar-refractivity contribution in [1.82, 2.24) is 0 Å². The Kier molecular flexibility index (Phi) is 2.60. The fourth-order valence-corrected chi connectivity index (χ4v) is 0.339. The van der Waals surface area contributed by atoms with Crippen LogP contribution in [-0.4, -0.2) is 32.6 Å². The summed E-state index contributed by atoms with van der Waals surface area (Å²) in [6.07, 6.45) is 0. The van der Waals surface area contributed by atoms with Gasteiger partial charge in [-0.1, -0.05) is 0 Å². The third-order valence-corrected chi connectivity index (χ3v) is 1.67. The summed E-state index contributed by atoms with van der Waals surface area (Å²) in [5.41, 5.74) is -3.77. The molecule has 0 bridgehead atoms. The highest BCUT2D eigenvalue weighted by Crippen LogP contribution is 2.21. The molecule has 0 aliphatic carbocycles. The molecular formula is C6H12O5. The molecule has 5 heteroatoms. The molecular weight excluding hydrogens is 152 g/mol. The predicted molar refractivity (Wildman–Crippen MR) is 35.6 cm³/mol. The summed E-state index contributed by atoms with van der Waals surface area (Å²) in [4.78, 5) is 13.9. The van der Waals surface area contributed by atoms with Gasteiger partial charge in [0.2, 0.25) is 0 Å². The molecule has 0 saturated carbocycles. The number of hydrogen-bond donors (Lipinski definition) is 3. The second-order valence-corrected chi connectivity index (χ2v) is 3.01. The Hall–Kier alpha value is -0.650. The van der Waals surface area contributed by atoms with Gasteiger partial charge in [-0.25, -0.2) is 4.79 Å². The van der Waals surface area contributed by atoms with E-state index in [-0.39, 0.29) is 0 Å². The Balaban J connectivity index is 4.59. The molecule has 1 atom stereocenters. The van der Waals surface area contributed by atoms with Crippen molar-refractivity contribution in [2.45, 2.75) is 32.0 Å². The minimum Gasteiger partial charge on any atom is -0.387 e. The molecule has 66 valence electrons. The van der Waals surface area contributed by atoms with E-state index in [1.165, 1.54) is 13.8 Å². The van der Waals surface area contributed by atoms with Gasteiger partial charge < -0.3 is 10.2 Å². The van der Waals surface area contributed by atoms with E-state index in [0.29, 0.717) is 0 Å². The van der Waals surface area contributed by atoms with Crippen molar-refractivity contribution in [1.29, 1.82) is 0 Å². The van der Waals surface area contributed by atoms with Crippen molar-refractivity contribution >= 4 is 5.97 Å². The Labute approximate surface area is 64.2 Å². The van der Waals surface area contributed by atoms with Gasteiger partial charge in [0.05, 0.1) is 5.60 Å². The minimum atomic E-state index is -2.11. The van der Waals surface area contributed by atoms with Gasteiger partial charge in [0.15, 0.2) is 5.60 Å². The molecule has 0 aromatic carbocycles. The van der Waals surface area contributed by atoms with Gasteiger partial charge in [0, 0.05) is 0 Å². The van der Waals surface area contributed by atoms with E-state index in [2.05, 4.69) is 4.89 Å². The van der Waals surface area contributed by atoms with Crippen LogP contribution in [-0.2, 0) is 9.68 Å². The maximum atomic E-state index is 10.6. The van der Waals surface area contributed by atoms with Crippen LogP contribution >= 0.6 is 0 Å². The van der Waals surface area contributed by atoms with Crippen LogP contribution in [0, 0.1) is 0 Å². The quantitative estimate of drug-likeness (QED) is 0.379. The highest BCUT2D eigenvalue weighted by Gasteiger charge is 2.46. The number of carbonyl (C=O) groups excluding carboxylic acids is 1. The Morgan fingerprint density at radius 2 is 1.64 bits per heavy atom. The highest BCUT2D eigenvalue weighted by atomic mass is 17.1. The third kappa shape index (κ3) is 1.89. The molecule has 0 radical (unpaired) electrons. The summed E-state index contributed by atoms with van der Waals surface area (Å²) < 4.78 is 0. The first-order valence-corrected chi connectivity index (χ1v) is 3.04. The lowest BCUT2D eigenvalue weighted by molar-refractivity contribution is -0.262. The smallest absolute Gasteiger partial charge is 0.375 e. The lowest BCUT2D eigenvalue weighted by Crippen LogP contribution is -2.54. The van der Waals surface area contributed by atoms with Gasteiger partial charge >= 0.3 is 5.97 Å². The van der Waals surface area contributed by atoms with Gasteiger partial charge in [-0.2, -0.15) is 5.26 Å². The topological polar surface area (TPSA) is 87.0 Å². The molecule has 0 aromatic heterocycles. The standard InChI is InChI=1S/C6H12O5/c1-5(2,8)6(3,9)4(7)11-10/h8-10H,1-3H3. The Bertz CT molecular complexity index is 155. The molecule has 11 heavy (non-hydrogen) atoms. The molecule has 0 spiro atoms. The SMILES string of the molecule is CC(C)(O)C(C)(O)C(=O)OO. The van der Waals surface area contributed by atoms with Gasteiger partial charge in [-0.05, 0) is 20.8 Å². The van der Waals surface area contributed by atoms with Crippen LogP contribution in [0.2, 0.25) is 0 Å². The summed E-state index contributed by atoms with van der Waals surface area (Å²) in [5.74, 6) is -1.29. The second-order valence-electron chi connectivity index (χ2n) is 3.01. The summed E-state index contributed by atoms with van der Waals surface area (Å²) in [6.45, 7) is 3.50. The van der Waals surface area contributed by atoms with Crippen LogP contribution in [0.4, 0.5) is 0 Å². The molecule has 1 unspecified atom stereocenters. The zero-order chi connectivity index (χ0) is 9.28. The van der Waals surface area contributed by atoms with Gasteiger partial charge in [0.25, 0.3) is 0 Å². The first kappa shape index (κ1) is 10.3. The van der Waals surface area contributed by atoms with Crippen LogP contribution in [0.25, 0.3) is 0 Å². The predicted octanol–water partition coefficient (Wildman–Crippen LogP) is -0.476. The molecule has 3 N–H and O–H groups in total. The molecule has 0 fully saturated rings. The number of carbonyl (C=O) groups is 1. The van der Waals surface area contributed by atoms with Gasteiger partial charge in [-0.15, -0.1) is 0 Å². The number of hydrogen-bond acceptors (Lipinski definition) is 5. The molecule has 0 heterocycles. The Morgan fingerprint density at radius 1 is 1.27 bits per heavy atom. The van der Waals surface area contributed by atoms with E-state index in [1.807, 2.05) is 0 Å². The first-order chi connectivity index (χ1) is 4.73. The van der Waals surface area contributed by atoms with Crippen molar-refractivity contribution in [2.24, 2.45) is 0 Å². The Morgan fingerprint density at radius 3 is 1.73 bits per heavy atom. The monoisotopic (exact) mass is 164 g/mol. The maximum absolute atomic E-state index is 10.6. The van der Waals surface area contributed by atoms with Crippen molar-refractivity contribution in [3.8, 4) is 0 Å². The lowest BCUT2D eigenvalue weighted by Gasteiger charge is -2.31. The largest absolute Gasteiger partial charge is 0.387 e. The summed E-state index contributed by atoms with van der Waals surface area (Å²) in [6, 6.07) is 0. The number of rotatable bonds is 2. The average Bonchev–Trinajstić information content (AvgIpc) is 1.83.